The molecule has 0 spiro atoms. The van der Waals surface area contributed by atoms with Gasteiger partial charge in [-0.2, -0.15) is 0 Å². The third-order valence-corrected chi connectivity index (χ3v) is 2.38. The molecule has 0 amide bonds. The molecular weight excluding hydrogens is 193 g/mol. The van der Waals surface area contributed by atoms with E-state index in [1.807, 2.05) is 0 Å². The molecule has 0 aromatic carbocycles. The van der Waals surface area contributed by atoms with E-state index in [-0.39, 0.29) is 5.82 Å². The van der Waals surface area contributed by atoms with Crippen molar-refractivity contribution in [1.82, 2.24) is 4.98 Å². The summed E-state index contributed by atoms with van der Waals surface area (Å²) in [5, 5.41) is 0. The van der Waals surface area contributed by atoms with Crippen molar-refractivity contribution in [3.05, 3.63) is 23.6 Å². The monoisotopic (exact) mass is 211 g/mol. The molecule has 0 aliphatic rings. The van der Waals surface area contributed by atoms with E-state index in [1.165, 1.54) is 31.5 Å². The molecule has 0 radical (unpaired) electrons. The van der Waals surface area contributed by atoms with E-state index in [9.17, 15) is 4.39 Å². The van der Waals surface area contributed by atoms with Crippen LogP contribution < -0.4 is 4.74 Å². The zero-order valence-electron chi connectivity index (χ0n) is 9.42. The second kappa shape index (κ2) is 6.38. The van der Waals surface area contributed by atoms with Gasteiger partial charge in [0.05, 0.1) is 13.3 Å². The predicted molar refractivity (Wildman–Crippen MR) is 58.6 cm³/mol. The van der Waals surface area contributed by atoms with E-state index in [1.54, 1.807) is 7.11 Å². The van der Waals surface area contributed by atoms with Crippen LogP contribution in [0.4, 0.5) is 4.39 Å². The lowest BCUT2D eigenvalue weighted by molar-refractivity contribution is 0.389. The van der Waals surface area contributed by atoms with Crippen LogP contribution in [-0.2, 0) is 6.42 Å². The standard InChI is InChI=1S/C12H18FNO/c1-3-4-5-6-7-10-8-11(13)9-14-12(10)15-2/h8-9H,3-7H2,1-2H3. The van der Waals surface area contributed by atoms with Gasteiger partial charge in [-0.25, -0.2) is 9.37 Å². The third kappa shape index (κ3) is 3.86. The Morgan fingerprint density at radius 2 is 2.13 bits per heavy atom. The largest absolute Gasteiger partial charge is 0.481 e. The molecule has 3 heteroatoms. The number of nitrogens with zero attached hydrogens (tertiary/aromatic N) is 1. The van der Waals surface area contributed by atoms with E-state index < -0.39 is 0 Å². The Balaban J connectivity index is 2.54. The van der Waals surface area contributed by atoms with Crippen molar-refractivity contribution < 1.29 is 9.13 Å². The van der Waals surface area contributed by atoms with Gasteiger partial charge in [-0.05, 0) is 18.9 Å². The minimum absolute atomic E-state index is 0.290. The van der Waals surface area contributed by atoms with Crippen LogP contribution in [0.25, 0.3) is 0 Å². The highest BCUT2D eigenvalue weighted by molar-refractivity contribution is 5.26. The second-order valence-corrected chi connectivity index (χ2v) is 3.63. The van der Waals surface area contributed by atoms with Crippen molar-refractivity contribution in [1.29, 1.82) is 0 Å². The number of hydrogen-bond donors (Lipinski definition) is 0. The molecule has 0 N–H and O–H groups in total. The smallest absolute Gasteiger partial charge is 0.216 e. The summed E-state index contributed by atoms with van der Waals surface area (Å²) in [6.45, 7) is 2.17. The highest BCUT2D eigenvalue weighted by Gasteiger charge is 2.05. The highest BCUT2D eigenvalue weighted by atomic mass is 19.1. The fraction of sp³-hybridized carbons (Fsp3) is 0.583. The Morgan fingerprint density at radius 1 is 1.33 bits per heavy atom. The molecule has 1 aromatic rings. The SMILES string of the molecule is CCCCCCc1cc(F)cnc1OC. The van der Waals surface area contributed by atoms with Crippen LogP contribution in [0.5, 0.6) is 5.88 Å². The molecule has 0 aliphatic heterocycles. The van der Waals surface area contributed by atoms with Gasteiger partial charge in [-0.3, -0.25) is 0 Å². The number of rotatable bonds is 6. The molecule has 0 fully saturated rings. The Hall–Kier alpha value is -1.12. The summed E-state index contributed by atoms with van der Waals surface area (Å²) in [7, 11) is 1.57. The normalized spacial score (nSPS) is 10.3. The quantitative estimate of drug-likeness (QED) is 0.673. The van der Waals surface area contributed by atoms with E-state index in [0.29, 0.717) is 5.88 Å². The van der Waals surface area contributed by atoms with E-state index >= 15 is 0 Å². The lowest BCUT2D eigenvalue weighted by Gasteiger charge is -2.06. The molecule has 0 aliphatic carbocycles. The number of aryl methyl sites for hydroxylation is 1. The maximum absolute atomic E-state index is 12.9. The first-order valence-electron chi connectivity index (χ1n) is 5.46. The molecule has 1 heterocycles. The molecule has 0 saturated carbocycles. The molecule has 1 aromatic heterocycles. The van der Waals surface area contributed by atoms with E-state index in [0.717, 1.165) is 18.4 Å². The summed E-state index contributed by atoms with van der Waals surface area (Å²) in [6, 6.07) is 1.51. The average Bonchev–Trinajstić information content (AvgIpc) is 2.25. The maximum Gasteiger partial charge on any atom is 0.216 e. The van der Waals surface area contributed by atoms with Gasteiger partial charge < -0.3 is 4.74 Å². The van der Waals surface area contributed by atoms with Crippen LogP contribution in [0.2, 0.25) is 0 Å². The average molecular weight is 211 g/mol. The third-order valence-electron chi connectivity index (χ3n) is 2.38. The van der Waals surface area contributed by atoms with Crippen LogP contribution in [-0.4, -0.2) is 12.1 Å². The van der Waals surface area contributed by atoms with Gasteiger partial charge in [0.15, 0.2) is 0 Å². The van der Waals surface area contributed by atoms with Crippen LogP contribution >= 0.6 is 0 Å². The summed E-state index contributed by atoms with van der Waals surface area (Å²) < 4.78 is 18.0. The van der Waals surface area contributed by atoms with Crippen LogP contribution in [0.15, 0.2) is 12.3 Å². The van der Waals surface area contributed by atoms with Crippen molar-refractivity contribution in [2.45, 2.75) is 39.0 Å². The Bertz CT molecular complexity index is 302. The van der Waals surface area contributed by atoms with Crippen molar-refractivity contribution >= 4 is 0 Å². The number of methoxy groups -OCH3 is 1. The van der Waals surface area contributed by atoms with Crippen LogP contribution in [0.1, 0.15) is 38.2 Å². The van der Waals surface area contributed by atoms with Crippen molar-refractivity contribution in [3.8, 4) is 5.88 Å². The second-order valence-electron chi connectivity index (χ2n) is 3.63. The molecule has 15 heavy (non-hydrogen) atoms. The molecule has 0 bridgehead atoms. The first-order valence-corrected chi connectivity index (χ1v) is 5.46. The van der Waals surface area contributed by atoms with Gasteiger partial charge in [-0.15, -0.1) is 0 Å². The molecule has 0 atom stereocenters. The number of ether oxygens (including phenoxy) is 1. The fourth-order valence-corrected chi connectivity index (χ4v) is 1.57. The van der Waals surface area contributed by atoms with Gasteiger partial charge in [0, 0.05) is 5.56 Å². The van der Waals surface area contributed by atoms with Crippen LogP contribution in [0.3, 0.4) is 0 Å². The summed E-state index contributed by atoms with van der Waals surface area (Å²) in [5.41, 5.74) is 0.869. The number of hydrogen-bond acceptors (Lipinski definition) is 2. The minimum atomic E-state index is -0.290. The number of unbranched alkanes of at least 4 members (excludes halogenated alkanes) is 3. The fourth-order valence-electron chi connectivity index (χ4n) is 1.57. The van der Waals surface area contributed by atoms with Crippen molar-refractivity contribution in [3.63, 3.8) is 0 Å². The molecule has 2 nitrogen and oxygen atoms in total. The molecule has 84 valence electrons. The lowest BCUT2D eigenvalue weighted by Crippen LogP contribution is -1.96. The summed E-state index contributed by atoms with van der Waals surface area (Å²) in [6.07, 6.45) is 6.71. The van der Waals surface area contributed by atoms with E-state index in [2.05, 4.69) is 11.9 Å². The van der Waals surface area contributed by atoms with Gasteiger partial charge in [0.25, 0.3) is 0 Å². The van der Waals surface area contributed by atoms with Crippen molar-refractivity contribution in [2.75, 3.05) is 7.11 Å². The molecule has 0 saturated heterocycles. The summed E-state index contributed by atoms with van der Waals surface area (Å²) >= 11 is 0. The van der Waals surface area contributed by atoms with Crippen molar-refractivity contribution in [2.24, 2.45) is 0 Å². The minimum Gasteiger partial charge on any atom is -0.481 e. The topological polar surface area (TPSA) is 22.1 Å². The van der Waals surface area contributed by atoms with Gasteiger partial charge in [-0.1, -0.05) is 26.2 Å². The zero-order valence-corrected chi connectivity index (χ0v) is 9.42. The van der Waals surface area contributed by atoms with E-state index in [4.69, 9.17) is 4.74 Å². The number of aromatic nitrogens is 1. The summed E-state index contributed by atoms with van der Waals surface area (Å²) in [5.74, 6) is 0.259. The molecular formula is C12H18FNO. The number of halogens is 1. The summed E-state index contributed by atoms with van der Waals surface area (Å²) in [4.78, 5) is 3.90. The predicted octanol–water partition coefficient (Wildman–Crippen LogP) is 3.35. The molecule has 0 unspecified atom stereocenters. The maximum atomic E-state index is 12.9. The Labute approximate surface area is 90.5 Å². The van der Waals surface area contributed by atoms with Gasteiger partial charge >= 0.3 is 0 Å². The zero-order chi connectivity index (χ0) is 11.1. The Kier molecular flexibility index (Phi) is 5.08. The van der Waals surface area contributed by atoms with Crippen LogP contribution in [0, 0.1) is 5.82 Å². The number of pyridine rings is 1. The Morgan fingerprint density at radius 3 is 2.80 bits per heavy atom. The van der Waals surface area contributed by atoms with Gasteiger partial charge in [0.2, 0.25) is 5.88 Å². The van der Waals surface area contributed by atoms with Gasteiger partial charge in [0.1, 0.15) is 5.82 Å². The first-order chi connectivity index (χ1) is 7.27. The molecule has 1 rings (SSSR count). The first kappa shape index (κ1) is 12.0. The highest BCUT2D eigenvalue weighted by Crippen LogP contribution is 2.18. The lowest BCUT2D eigenvalue weighted by atomic mass is 10.1.